The number of ether oxygens (including phenoxy) is 4. The minimum absolute atomic E-state index is 0.0276. The maximum atomic E-state index is 13.3. The lowest BCUT2D eigenvalue weighted by atomic mass is 9.43. The molecule has 13 atom stereocenters. The Morgan fingerprint density at radius 2 is 1.70 bits per heavy atom. The maximum Gasteiger partial charge on any atom is 0.306 e. The minimum Gasteiger partial charge on any atom is -0.481 e. The maximum absolute atomic E-state index is 13.3. The fraction of sp³-hybridized carbons (Fsp3) is 0.829. The van der Waals surface area contributed by atoms with Crippen LogP contribution in [0.1, 0.15) is 85.0 Å². The van der Waals surface area contributed by atoms with E-state index in [1.807, 2.05) is 0 Å². The number of hydrogen-bond acceptors (Lipinski definition) is 20. The van der Waals surface area contributed by atoms with Gasteiger partial charge in [0.2, 0.25) is 5.91 Å². The first-order valence-corrected chi connectivity index (χ1v) is 20.3. The first-order chi connectivity index (χ1) is 27.2. The van der Waals surface area contributed by atoms with E-state index in [1.165, 1.54) is 0 Å². The molecule has 22 heteroatoms. The van der Waals surface area contributed by atoms with Crippen LogP contribution in [0.5, 0.6) is 0 Å². The van der Waals surface area contributed by atoms with Gasteiger partial charge in [-0.25, -0.2) is 10.5 Å². The molecule has 4 aliphatic carbocycles. The van der Waals surface area contributed by atoms with Crippen LogP contribution < -0.4 is 11.1 Å². The van der Waals surface area contributed by atoms with Crippen molar-refractivity contribution >= 4 is 48.5 Å². The molecule has 1 aliphatic heterocycles. The number of aliphatic carboxylic acids is 1. The first kappa shape index (κ1) is 45.9. The largest absolute Gasteiger partial charge is 0.481 e. The van der Waals surface area contributed by atoms with Crippen LogP contribution in [0.4, 0.5) is 0 Å². The number of amides is 1. The smallest absolute Gasteiger partial charge is 0.306 e. The molecular weight excluding hydrogens is 801 g/mol. The predicted octanol–water partition coefficient (Wildman–Crippen LogP) is 3.39. The van der Waals surface area contributed by atoms with Gasteiger partial charge in [0.1, 0.15) is 24.9 Å². The number of esters is 2. The number of aliphatic hydroxyl groups is 1. The first-order valence-electron chi connectivity index (χ1n) is 19.0. The molecular formula is C35H54N2O18S2. The van der Waals surface area contributed by atoms with Gasteiger partial charge in [-0.15, -0.1) is 8.67 Å². The van der Waals surface area contributed by atoms with Gasteiger partial charge < -0.3 is 40.2 Å². The van der Waals surface area contributed by atoms with Crippen LogP contribution >= 0.6 is 24.6 Å². The van der Waals surface area contributed by atoms with E-state index in [-0.39, 0.29) is 80.7 Å². The van der Waals surface area contributed by atoms with Crippen molar-refractivity contribution in [1.82, 2.24) is 5.32 Å². The number of hydrogen-bond donors (Lipinski definition) is 6. The van der Waals surface area contributed by atoms with Crippen LogP contribution in [0.15, 0.2) is 12.2 Å². The lowest BCUT2D eigenvalue weighted by Gasteiger charge is -2.62. The van der Waals surface area contributed by atoms with Gasteiger partial charge in [0, 0.05) is 18.3 Å². The van der Waals surface area contributed by atoms with E-state index in [0.29, 0.717) is 19.3 Å². The molecule has 7 N–H and O–H groups in total. The SMILES string of the molecule is C=C1C2CCC3C4(C)CC(O[C@@H]5O[C@@H](COC(=O)CCC(=O)NCN)[C@@H](OSOOO)[C@@H](OSOOO)C5OC(=O)CC(C)C)CC(C(=O)O)C4CCC3(C2)[C@H]1O. The molecule has 57 heavy (non-hydrogen) atoms. The highest BCUT2D eigenvalue weighted by Gasteiger charge is 2.67. The van der Waals surface area contributed by atoms with Crippen molar-refractivity contribution in [3.8, 4) is 0 Å². The van der Waals surface area contributed by atoms with Crippen LogP contribution in [0.2, 0.25) is 0 Å². The van der Waals surface area contributed by atoms with E-state index in [9.17, 15) is 29.4 Å². The van der Waals surface area contributed by atoms with Crippen molar-refractivity contribution in [2.24, 2.45) is 46.2 Å². The number of carbonyl (C=O) groups is 4. The van der Waals surface area contributed by atoms with Crippen LogP contribution in [0.25, 0.3) is 0 Å². The third kappa shape index (κ3) is 10.4. The lowest BCUT2D eigenvalue weighted by Crippen LogP contribution is -2.63. The molecule has 324 valence electrons. The summed E-state index contributed by atoms with van der Waals surface area (Å²) in [6.07, 6.45) is -5.04. The Balaban J connectivity index is 1.47. The number of carboxylic acid groups (broad SMARTS) is 1. The molecule has 5 fully saturated rings. The number of rotatable bonds is 20. The van der Waals surface area contributed by atoms with Crippen molar-refractivity contribution in [3.63, 3.8) is 0 Å². The summed E-state index contributed by atoms with van der Waals surface area (Å²) in [5, 5.41) is 49.6. The highest BCUT2D eigenvalue weighted by Crippen LogP contribution is 2.70. The number of aliphatic hydroxyl groups excluding tert-OH is 1. The Morgan fingerprint density at radius 3 is 2.35 bits per heavy atom. The van der Waals surface area contributed by atoms with E-state index in [2.05, 4.69) is 37.6 Å². The van der Waals surface area contributed by atoms with Crippen LogP contribution in [-0.2, 0) is 65.2 Å². The summed E-state index contributed by atoms with van der Waals surface area (Å²) >= 11 is 0.238. The molecule has 1 spiro atoms. The van der Waals surface area contributed by atoms with E-state index >= 15 is 0 Å². The van der Waals surface area contributed by atoms with Crippen LogP contribution in [0.3, 0.4) is 0 Å². The number of carboxylic acids is 1. The summed E-state index contributed by atoms with van der Waals surface area (Å²) < 4.78 is 44.8. The number of nitrogens with two attached hydrogens (primary N) is 1. The number of carbonyl (C=O) groups excluding carboxylic acids is 3. The number of fused-ring (bicyclic) bond motifs is 3. The van der Waals surface area contributed by atoms with Gasteiger partial charge in [-0.1, -0.05) is 37.4 Å². The summed E-state index contributed by atoms with van der Waals surface area (Å²) in [4.78, 5) is 51.0. The molecule has 1 saturated heterocycles. The van der Waals surface area contributed by atoms with Gasteiger partial charge in [-0.2, -0.15) is 0 Å². The Labute approximate surface area is 338 Å². The molecule has 0 aromatic heterocycles. The molecule has 1 amide bonds. The van der Waals surface area contributed by atoms with E-state index in [1.54, 1.807) is 13.8 Å². The van der Waals surface area contributed by atoms with Gasteiger partial charge in [0.05, 0.1) is 31.2 Å². The molecule has 4 saturated carbocycles. The molecule has 20 nitrogen and oxygen atoms in total. The van der Waals surface area contributed by atoms with Crippen LogP contribution in [0, 0.1) is 40.4 Å². The molecule has 0 aromatic carbocycles. The standard InChI is InChI=1S/C35H54N2O18S2/c1-17(2)11-27(40)49-30-29(51-57-55-53-45)28(50-56-54-52-44)23(15-46-26(39)8-7-25(38)37-16-36)48-33(30)47-20-12-21(32(42)43)22-9-10-35-13-19(18(3)31(35)41)5-6-24(35)34(22,4)14-20/h17,19-24,28-31,33,41,44-45H,3,5-16,36H2,1-2,4H3,(H,37,38)(H,42,43)/t19?,20?,21?,22?,23-,24?,28+,29+,30?,31-,33+,34?,35?/m0/s1. The van der Waals surface area contributed by atoms with Crippen molar-refractivity contribution < 1.29 is 86.0 Å². The quantitative estimate of drug-likeness (QED) is 0.0150. The Hall–Kier alpha value is -2.16. The van der Waals surface area contributed by atoms with Crippen molar-refractivity contribution in [3.05, 3.63) is 12.2 Å². The fourth-order valence-electron chi connectivity index (χ4n) is 10.3. The highest BCUT2D eigenvalue weighted by molar-refractivity contribution is 7.90. The summed E-state index contributed by atoms with van der Waals surface area (Å²) in [6.45, 7) is 9.24. The molecule has 5 rings (SSSR count). The van der Waals surface area contributed by atoms with Gasteiger partial charge in [-0.3, -0.25) is 27.5 Å². The zero-order valence-corrected chi connectivity index (χ0v) is 33.7. The zero-order valence-electron chi connectivity index (χ0n) is 32.0. The minimum atomic E-state index is -1.51. The molecule has 2 bridgehead atoms. The van der Waals surface area contributed by atoms with Crippen LogP contribution in [-0.4, -0.2) is 101 Å². The zero-order chi connectivity index (χ0) is 41.5. The Kier molecular flexibility index (Phi) is 16.4. The van der Waals surface area contributed by atoms with Gasteiger partial charge in [-0.05, 0) is 79.6 Å². The molecule has 8 unspecified atom stereocenters. The fourth-order valence-corrected chi connectivity index (χ4v) is 11.1. The molecule has 1 heterocycles. The Bertz CT molecular complexity index is 1430. The van der Waals surface area contributed by atoms with Crippen molar-refractivity contribution in [1.29, 1.82) is 0 Å². The second-order valence-corrected chi connectivity index (χ2v) is 17.1. The van der Waals surface area contributed by atoms with Gasteiger partial charge in [0.15, 0.2) is 37.0 Å². The average Bonchev–Trinajstić information content (AvgIpc) is 3.33. The normalized spacial score (nSPS) is 37.3. The topological polar surface area (TPSA) is 280 Å². The van der Waals surface area contributed by atoms with E-state index < -0.39 is 90.1 Å². The average molecular weight is 855 g/mol. The third-order valence-corrected chi connectivity index (χ3v) is 13.4. The van der Waals surface area contributed by atoms with Gasteiger partial charge in [0.25, 0.3) is 0 Å². The second-order valence-electron chi connectivity index (χ2n) is 16.2. The molecule has 0 radical (unpaired) electrons. The number of nitrogens with one attached hydrogen (secondary N) is 1. The molecule has 0 aromatic rings. The van der Waals surface area contributed by atoms with Gasteiger partial charge >= 0.3 is 17.9 Å². The summed E-state index contributed by atoms with van der Waals surface area (Å²) in [6, 6.07) is 0. The third-order valence-electron chi connectivity index (χ3n) is 12.5. The summed E-state index contributed by atoms with van der Waals surface area (Å²) in [7, 11) is 0. The second kappa shape index (κ2) is 20.4. The van der Waals surface area contributed by atoms with Crippen molar-refractivity contribution in [2.75, 3.05) is 13.3 Å². The predicted molar refractivity (Wildman–Crippen MR) is 194 cm³/mol. The Morgan fingerprint density at radius 1 is 1.00 bits per heavy atom. The summed E-state index contributed by atoms with van der Waals surface area (Å²) in [5.74, 6) is -3.92. The monoisotopic (exact) mass is 854 g/mol. The van der Waals surface area contributed by atoms with E-state index in [4.69, 9.17) is 43.6 Å². The highest BCUT2D eigenvalue weighted by atomic mass is 32.2. The van der Waals surface area contributed by atoms with E-state index in [0.717, 1.165) is 24.8 Å². The summed E-state index contributed by atoms with van der Waals surface area (Å²) in [5.41, 5.74) is 5.15. The molecule has 5 aliphatic rings. The van der Waals surface area contributed by atoms with Crippen molar-refractivity contribution in [2.45, 2.75) is 128 Å². The lowest BCUT2D eigenvalue weighted by molar-refractivity contribution is -0.436.